The van der Waals surface area contributed by atoms with E-state index in [0.29, 0.717) is 5.95 Å². The molecule has 1 aromatic heterocycles. The highest BCUT2D eigenvalue weighted by Gasteiger charge is 1.97. The van der Waals surface area contributed by atoms with Gasteiger partial charge >= 0.3 is 0 Å². The van der Waals surface area contributed by atoms with E-state index in [1.165, 1.54) is 0 Å². The molecular weight excluding hydrogens is 240 g/mol. The summed E-state index contributed by atoms with van der Waals surface area (Å²) in [4.78, 5) is 8.48. The fourth-order valence-electron chi connectivity index (χ4n) is 1.66. The van der Waals surface area contributed by atoms with Crippen molar-refractivity contribution in [3.63, 3.8) is 0 Å². The third-order valence-electron chi connectivity index (χ3n) is 2.45. The molecule has 0 amide bonds. The highest BCUT2D eigenvalue weighted by Crippen LogP contribution is 2.11. The van der Waals surface area contributed by atoms with Crippen molar-refractivity contribution in [2.24, 2.45) is 5.10 Å². The number of hydrogen-bond donors (Lipinski definition) is 1. The van der Waals surface area contributed by atoms with Crippen molar-refractivity contribution in [3.05, 3.63) is 47.3 Å². The van der Waals surface area contributed by atoms with Gasteiger partial charge in [0.05, 0.1) is 13.3 Å². The summed E-state index contributed by atoms with van der Waals surface area (Å²) < 4.78 is 5.14. The van der Waals surface area contributed by atoms with Gasteiger partial charge in [-0.1, -0.05) is 12.1 Å². The summed E-state index contributed by atoms with van der Waals surface area (Å²) in [5.74, 6) is 1.29. The SMILES string of the molecule is COc1cccc(C=NNc2nc(C)cc(C)n2)c1. The number of aromatic nitrogens is 2. The van der Waals surface area contributed by atoms with E-state index in [1.54, 1.807) is 13.3 Å². The van der Waals surface area contributed by atoms with Gasteiger partial charge in [-0.15, -0.1) is 0 Å². The van der Waals surface area contributed by atoms with E-state index in [4.69, 9.17) is 4.74 Å². The minimum atomic E-state index is 0.497. The van der Waals surface area contributed by atoms with Crippen LogP contribution in [0, 0.1) is 13.8 Å². The number of nitrogens with zero attached hydrogens (tertiary/aromatic N) is 3. The van der Waals surface area contributed by atoms with Crippen LogP contribution in [0.4, 0.5) is 5.95 Å². The fraction of sp³-hybridized carbons (Fsp3) is 0.214. The van der Waals surface area contributed by atoms with Crippen LogP contribution in [0.3, 0.4) is 0 Å². The van der Waals surface area contributed by atoms with Gasteiger partial charge in [-0.2, -0.15) is 5.10 Å². The number of benzene rings is 1. The van der Waals surface area contributed by atoms with Crippen LogP contribution in [0.2, 0.25) is 0 Å². The monoisotopic (exact) mass is 256 g/mol. The molecule has 1 aromatic carbocycles. The number of hydrazone groups is 1. The van der Waals surface area contributed by atoms with E-state index < -0.39 is 0 Å². The van der Waals surface area contributed by atoms with Gasteiger partial charge in [-0.05, 0) is 37.6 Å². The van der Waals surface area contributed by atoms with E-state index in [9.17, 15) is 0 Å². The van der Waals surface area contributed by atoms with Gasteiger partial charge in [0.1, 0.15) is 5.75 Å². The summed E-state index contributed by atoms with van der Waals surface area (Å²) in [5.41, 5.74) is 5.58. The molecule has 0 aliphatic heterocycles. The molecule has 5 nitrogen and oxygen atoms in total. The molecule has 19 heavy (non-hydrogen) atoms. The molecule has 0 fully saturated rings. The first-order valence-corrected chi connectivity index (χ1v) is 5.93. The molecule has 0 aliphatic carbocycles. The first-order chi connectivity index (χ1) is 9.17. The third kappa shape index (κ3) is 3.77. The number of nitrogens with one attached hydrogen (secondary N) is 1. The Morgan fingerprint density at radius 2 is 1.89 bits per heavy atom. The van der Waals surface area contributed by atoms with Crippen LogP contribution in [0.1, 0.15) is 17.0 Å². The van der Waals surface area contributed by atoms with Crippen molar-refractivity contribution in [1.82, 2.24) is 9.97 Å². The zero-order valence-corrected chi connectivity index (χ0v) is 11.2. The van der Waals surface area contributed by atoms with Crippen molar-refractivity contribution >= 4 is 12.2 Å². The zero-order chi connectivity index (χ0) is 13.7. The van der Waals surface area contributed by atoms with Crippen LogP contribution in [-0.2, 0) is 0 Å². The minimum Gasteiger partial charge on any atom is -0.497 e. The van der Waals surface area contributed by atoms with E-state index >= 15 is 0 Å². The van der Waals surface area contributed by atoms with Crippen molar-refractivity contribution in [2.75, 3.05) is 12.5 Å². The summed E-state index contributed by atoms with van der Waals surface area (Å²) >= 11 is 0. The van der Waals surface area contributed by atoms with Crippen LogP contribution >= 0.6 is 0 Å². The number of aryl methyl sites for hydroxylation is 2. The van der Waals surface area contributed by atoms with E-state index in [0.717, 1.165) is 22.7 Å². The predicted molar refractivity (Wildman–Crippen MR) is 75.7 cm³/mol. The van der Waals surface area contributed by atoms with Crippen molar-refractivity contribution < 1.29 is 4.74 Å². The van der Waals surface area contributed by atoms with Gasteiger partial charge in [0.2, 0.25) is 5.95 Å². The quantitative estimate of drug-likeness (QED) is 0.674. The van der Waals surface area contributed by atoms with Crippen molar-refractivity contribution in [1.29, 1.82) is 0 Å². The van der Waals surface area contributed by atoms with Crippen molar-refractivity contribution in [3.8, 4) is 5.75 Å². The maximum Gasteiger partial charge on any atom is 0.243 e. The van der Waals surface area contributed by atoms with Crippen LogP contribution in [0.5, 0.6) is 5.75 Å². The molecule has 98 valence electrons. The average Bonchev–Trinajstić information content (AvgIpc) is 2.38. The second kappa shape index (κ2) is 5.95. The van der Waals surface area contributed by atoms with Crippen LogP contribution in [-0.4, -0.2) is 23.3 Å². The molecule has 0 radical (unpaired) electrons. The fourth-order valence-corrected chi connectivity index (χ4v) is 1.66. The van der Waals surface area contributed by atoms with Gasteiger partial charge in [-0.3, -0.25) is 0 Å². The summed E-state index contributed by atoms with van der Waals surface area (Å²) in [6.45, 7) is 3.84. The first-order valence-electron chi connectivity index (χ1n) is 5.93. The van der Waals surface area contributed by atoms with Crippen LogP contribution in [0.25, 0.3) is 0 Å². The van der Waals surface area contributed by atoms with Gasteiger partial charge in [0.25, 0.3) is 0 Å². The summed E-state index contributed by atoms with van der Waals surface area (Å²) in [7, 11) is 1.64. The lowest BCUT2D eigenvalue weighted by atomic mass is 10.2. The zero-order valence-electron chi connectivity index (χ0n) is 11.2. The number of methoxy groups -OCH3 is 1. The highest BCUT2D eigenvalue weighted by molar-refractivity contribution is 5.80. The maximum atomic E-state index is 5.14. The topological polar surface area (TPSA) is 59.4 Å². The number of rotatable bonds is 4. The van der Waals surface area contributed by atoms with E-state index in [1.807, 2.05) is 44.2 Å². The lowest BCUT2D eigenvalue weighted by Crippen LogP contribution is -1.99. The Hall–Kier alpha value is -2.43. The highest BCUT2D eigenvalue weighted by atomic mass is 16.5. The molecule has 0 spiro atoms. The third-order valence-corrected chi connectivity index (χ3v) is 2.45. The van der Waals surface area contributed by atoms with E-state index in [2.05, 4.69) is 20.5 Å². The van der Waals surface area contributed by atoms with Crippen LogP contribution in [0.15, 0.2) is 35.4 Å². The Morgan fingerprint density at radius 1 is 1.16 bits per heavy atom. The predicted octanol–water partition coefficient (Wildman–Crippen LogP) is 2.55. The Morgan fingerprint density at radius 3 is 2.58 bits per heavy atom. The summed E-state index contributed by atoms with van der Waals surface area (Å²) in [6.07, 6.45) is 1.70. The molecule has 2 rings (SSSR count). The molecule has 2 aromatic rings. The van der Waals surface area contributed by atoms with Crippen LogP contribution < -0.4 is 10.2 Å². The van der Waals surface area contributed by atoms with Gasteiger partial charge < -0.3 is 4.74 Å². The number of anilines is 1. The summed E-state index contributed by atoms with van der Waals surface area (Å²) in [6, 6.07) is 9.55. The Balaban J connectivity index is 2.06. The molecule has 0 aliphatic rings. The van der Waals surface area contributed by atoms with E-state index in [-0.39, 0.29) is 0 Å². The Labute approximate surface area is 112 Å². The Kier molecular flexibility index (Phi) is 4.07. The number of ether oxygens (including phenoxy) is 1. The smallest absolute Gasteiger partial charge is 0.243 e. The largest absolute Gasteiger partial charge is 0.497 e. The number of hydrogen-bond acceptors (Lipinski definition) is 5. The average molecular weight is 256 g/mol. The molecule has 0 saturated carbocycles. The molecule has 0 unspecified atom stereocenters. The summed E-state index contributed by atoms with van der Waals surface area (Å²) in [5, 5.41) is 4.11. The molecule has 1 heterocycles. The molecule has 0 atom stereocenters. The van der Waals surface area contributed by atoms with Gasteiger partial charge in [-0.25, -0.2) is 15.4 Å². The second-order valence-electron chi connectivity index (χ2n) is 4.12. The lowest BCUT2D eigenvalue weighted by Gasteiger charge is -2.02. The molecule has 0 saturated heterocycles. The normalized spacial score (nSPS) is 10.7. The van der Waals surface area contributed by atoms with Crippen molar-refractivity contribution in [2.45, 2.75) is 13.8 Å². The standard InChI is InChI=1S/C14H16N4O/c1-10-7-11(2)17-14(16-10)18-15-9-12-5-4-6-13(8-12)19-3/h4-9H,1-3H3,(H,16,17,18). The maximum absolute atomic E-state index is 5.14. The Bertz CT molecular complexity index is 575. The molecular formula is C14H16N4O. The molecule has 0 bridgehead atoms. The molecule has 5 heteroatoms. The minimum absolute atomic E-state index is 0.497. The second-order valence-corrected chi connectivity index (χ2v) is 4.12. The first kappa shape index (κ1) is 13.0. The lowest BCUT2D eigenvalue weighted by molar-refractivity contribution is 0.415. The van der Waals surface area contributed by atoms with Gasteiger partial charge in [0.15, 0.2) is 0 Å². The van der Waals surface area contributed by atoms with Gasteiger partial charge in [0, 0.05) is 11.4 Å². The molecule has 1 N–H and O–H groups in total.